The van der Waals surface area contributed by atoms with Crippen LogP contribution in [0.3, 0.4) is 0 Å². The van der Waals surface area contributed by atoms with Crippen molar-refractivity contribution >= 4 is 27.5 Å². The van der Waals surface area contributed by atoms with Crippen molar-refractivity contribution in [1.29, 1.82) is 0 Å². The summed E-state index contributed by atoms with van der Waals surface area (Å²) in [5.41, 5.74) is -0.993. The average molecular weight is 399 g/mol. The fraction of sp³-hybridized carbons (Fsp3) is 0.533. The Hall–Kier alpha value is -1.32. The Bertz CT molecular complexity index is 717. The molecule has 2 rings (SSSR count). The predicted molar refractivity (Wildman–Crippen MR) is 86.7 cm³/mol. The Kier molecular flexibility index (Phi) is 6.34. The van der Waals surface area contributed by atoms with Gasteiger partial charge in [-0.3, -0.25) is 4.79 Å². The van der Waals surface area contributed by atoms with Crippen LogP contribution < -0.4 is 5.32 Å². The predicted octanol–water partition coefficient (Wildman–Crippen LogP) is 2.46. The summed E-state index contributed by atoms with van der Waals surface area (Å²) in [7, 11) is -3.98. The molecule has 1 aromatic rings. The number of alkyl halides is 4. The van der Waals surface area contributed by atoms with E-state index >= 15 is 0 Å². The van der Waals surface area contributed by atoms with E-state index < -0.39 is 21.8 Å². The lowest BCUT2D eigenvalue weighted by Gasteiger charge is -2.31. The average Bonchev–Trinajstić information content (AvgIpc) is 2.59. The van der Waals surface area contributed by atoms with Crippen LogP contribution in [0, 0.1) is 5.92 Å². The summed E-state index contributed by atoms with van der Waals surface area (Å²) in [6.45, 7) is 0.795. The zero-order valence-corrected chi connectivity index (χ0v) is 14.8. The van der Waals surface area contributed by atoms with Crippen molar-refractivity contribution < 1.29 is 26.4 Å². The number of sulfonamides is 1. The number of amides is 1. The molecule has 0 saturated carbocycles. The molecule has 1 aliphatic rings. The standard InChI is InChI=1S/C15H18ClF3N2O3S/c16-9-14(22)20-10-11-4-6-21(7-5-11)25(23,24)13-3-1-2-12(8-13)15(17,18)19/h1-3,8,11H,4-7,9-10H2,(H,20,22). The highest BCUT2D eigenvalue weighted by atomic mass is 35.5. The molecule has 0 unspecified atom stereocenters. The van der Waals surface area contributed by atoms with E-state index in [9.17, 15) is 26.4 Å². The second kappa shape index (κ2) is 7.92. The number of piperidine rings is 1. The van der Waals surface area contributed by atoms with Gasteiger partial charge < -0.3 is 5.32 Å². The van der Waals surface area contributed by atoms with Gasteiger partial charge in [0.05, 0.1) is 10.5 Å². The molecular weight excluding hydrogens is 381 g/mol. The van der Waals surface area contributed by atoms with Crippen molar-refractivity contribution in [3.8, 4) is 0 Å². The first-order chi connectivity index (χ1) is 11.6. The van der Waals surface area contributed by atoms with Gasteiger partial charge in [-0.15, -0.1) is 11.6 Å². The van der Waals surface area contributed by atoms with Crippen LogP contribution in [0.1, 0.15) is 18.4 Å². The molecule has 0 aliphatic carbocycles. The fourth-order valence-electron chi connectivity index (χ4n) is 2.64. The minimum absolute atomic E-state index is 0.111. The lowest BCUT2D eigenvalue weighted by Crippen LogP contribution is -2.41. The Morgan fingerprint density at radius 2 is 1.92 bits per heavy atom. The molecule has 5 nitrogen and oxygen atoms in total. The summed E-state index contributed by atoms with van der Waals surface area (Å²) >= 11 is 5.39. The molecule has 25 heavy (non-hydrogen) atoms. The van der Waals surface area contributed by atoms with Crippen LogP contribution in [0.25, 0.3) is 0 Å². The molecule has 140 valence electrons. The monoisotopic (exact) mass is 398 g/mol. The van der Waals surface area contributed by atoms with Gasteiger partial charge in [0.25, 0.3) is 0 Å². The van der Waals surface area contributed by atoms with Crippen molar-refractivity contribution in [3.05, 3.63) is 29.8 Å². The highest BCUT2D eigenvalue weighted by Gasteiger charge is 2.34. The molecule has 0 spiro atoms. The number of carbonyl (C=O) groups excluding carboxylic acids is 1. The van der Waals surface area contributed by atoms with Crippen molar-refractivity contribution in [2.75, 3.05) is 25.5 Å². The topological polar surface area (TPSA) is 66.5 Å². The molecule has 1 N–H and O–H groups in total. The lowest BCUT2D eigenvalue weighted by atomic mass is 9.98. The summed E-state index contributed by atoms with van der Waals surface area (Å²) in [5.74, 6) is -0.316. The summed E-state index contributed by atoms with van der Waals surface area (Å²) in [5, 5.41) is 2.65. The number of benzene rings is 1. The maximum absolute atomic E-state index is 12.8. The summed E-state index contributed by atoms with van der Waals surface area (Å²) in [6.07, 6.45) is -3.57. The lowest BCUT2D eigenvalue weighted by molar-refractivity contribution is -0.137. The molecule has 0 aromatic heterocycles. The van der Waals surface area contributed by atoms with Crippen molar-refractivity contribution in [3.63, 3.8) is 0 Å². The summed E-state index contributed by atoms with van der Waals surface area (Å²) in [4.78, 5) is 10.8. The third-order valence-corrected chi connectivity index (χ3v) is 6.22. The molecule has 1 aromatic carbocycles. The summed E-state index contributed by atoms with van der Waals surface area (Å²) in [6, 6.07) is 3.74. The highest BCUT2D eigenvalue weighted by molar-refractivity contribution is 7.89. The second-order valence-electron chi connectivity index (χ2n) is 5.81. The number of hydrogen-bond donors (Lipinski definition) is 1. The van der Waals surface area contributed by atoms with Crippen LogP contribution in [-0.4, -0.2) is 44.1 Å². The molecule has 1 heterocycles. The van der Waals surface area contributed by atoms with Crippen LogP contribution in [0.15, 0.2) is 29.2 Å². The second-order valence-corrected chi connectivity index (χ2v) is 8.02. The van der Waals surface area contributed by atoms with E-state index in [1.54, 1.807) is 0 Å². The van der Waals surface area contributed by atoms with Gasteiger partial charge in [0.2, 0.25) is 15.9 Å². The Balaban J connectivity index is 2.04. The van der Waals surface area contributed by atoms with Crippen molar-refractivity contribution in [2.24, 2.45) is 5.92 Å². The third-order valence-electron chi connectivity index (χ3n) is 4.08. The zero-order chi connectivity index (χ0) is 18.7. The van der Waals surface area contributed by atoms with E-state index in [1.807, 2.05) is 0 Å². The van der Waals surface area contributed by atoms with Crippen LogP contribution in [0.5, 0.6) is 0 Å². The van der Waals surface area contributed by atoms with Gasteiger partial charge in [-0.2, -0.15) is 17.5 Å². The van der Waals surface area contributed by atoms with Crippen LogP contribution in [0.2, 0.25) is 0 Å². The molecule has 1 amide bonds. The molecule has 0 atom stereocenters. The van der Waals surface area contributed by atoms with Crippen molar-refractivity contribution in [2.45, 2.75) is 23.9 Å². The van der Waals surface area contributed by atoms with Gasteiger partial charge in [0.1, 0.15) is 5.88 Å². The maximum Gasteiger partial charge on any atom is 0.416 e. The van der Waals surface area contributed by atoms with E-state index in [0.717, 1.165) is 18.2 Å². The van der Waals surface area contributed by atoms with Crippen LogP contribution >= 0.6 is 11.6 Å². The van der Waals surface area contributed by atoms with E-state index in [2.05, 4.69) is 5.32 Å². The van der Waals surface area contributed by atoms with Gasteiger partial charge in [0, 0.05) is 19.6 Å². The Morgan fingerprint density at radius 3 is 2.48 bits per heavy atom. The van der Waals surface area contributed by atoms with Gasteiger partial charge in [-0.1, -0.05) is 6.07 Å². The molecule has 1 fully saturated rings. The first kappa shape index (κ1) is 20.0. The normalized spacial score (nSPS) is 17.4. The number of nitrogens with one attached hydrogen (secondary N) is 1. The highest BCUT2D eigenvalue weighted by Crippen LogP contribution is 2.31. The number of hydrogen-bond acceptors (Lipinski definition) is 3. The maximum atomic E-state index is 12.8. The molecule has 1 saturated heterocycles. The largest absolute Gasteiger partial charge is 0.416 e. The Labute approximate surface area is 149 Å². The first-order valence-electron chi connectivity index (χ1n) is 7.64. The van der Waals surface area contributed by atoms with E-state index in [1.165, 1.54) is 4.31 Å². The van der Waals surface area contributed by atoms with Gasteiger partial charge in [-0.05, 0) is 37.0 Å². The summed E-state index contributed by atoms with van der Waals surface area (Å²) < 4.78 is 64.6. The van der Waals surface area contributed by atoms with E-state index in [-0.39, 0.29) is 35.7 Å². The fourth-order valence-corrected chi connectivity index (χ4v) is 4.25. The molecular formula is C15H18ClF3N2O3S. The number of carbonyl (C=O) groups is 1. The zero-order valence-electron chi connectivity index (χ0n) is 13.2. The molecule has 10 heteroatoms. The molecule has 0 radical (unpaired) electrons. The van der Waals surface area contributed by atoms with Gasteiger partial charge in [-0.25, -0.2) is 8.42 Å². The Morgan fingerprint density at radius 1 is 1.28 bits per heavy atom. The minimum atomic E-state index is -4.60. The first-order valence-corrected chi connectivity index (χ1v) is 9.62. The molecule has 0 bridgehead atoms. The number of halogens is 4. The van der Waals surface area contributed by atoms with Gasteiger partial charge >= 0.3 is 6.18 Å². The van der Waals surface area contributed by atoms with E-state index in [4.69, 9.17) is 11.6 Å². The van der Waals surface area contributed by atoms with Gasteiger partial charge in [0.15, 0.2) is 0 Å². The quantitative estimate of drug-likeness (QED) is 0.775. The smallest absolute Gasteiger partial charge is 0.355 e. The molecule has 1 aliphatic heterocycles. The minimum Gasteiger partial charge on any atom is -0.355 e. The number of nitrogens with zero attached hydrogens (tertiary/aromatic N) is 1. The van der Waals surface area contributed by atoms with Crippen LogP contribution in [-0.2, 0) is 21.0 Å². The number of rotatable bonds is 5. The third kappa shape index (κ3) is 5.08. The SMILES string of the molecule is O=C(CCl)NCC1CCN(S(=O)(=O)c2cccc(C(F)(F)F)c2)CC1. The van der Waals surface area contributed by atoms with Crippen molar-refractivity contribution in [1.82, 2.24) is 9.62 Å². The van der Waals surface area contributed by atoms with E-state index in [0.29, 0.717) is 25.5 Å². The van der Waals surface area contributed by atoms with Crippen LogP contribution in [0.4, 0.5) is 13.2 Å².